The maximum atomic E-state index is 12.5. The predicted octanol–water partition coefficient (Wildman–Crippen LogP) is 4.70. The summed E-state index contributed by atoms with van der Waals surface area (Å²) >= 11 is 7.17. The van der Waals surface area contributed by atoms with Crippen LogP contribution in [0.25, 0.3) is 0 Å². The quantitative estimate of drug-likeness (QED) is 0.408. The first kappa shape index (κ1) is 20.7. The van der Waals surface area contributed by atoms with Crippen LogP contribution in [0.4, 0.5) is 5.69 Å². The average Bonchev–Trinajstić information content (AvgIpc) is 2.73. The zero-order chi connectivity index (χ0) is 19.8. The van der Waals surface area contributed by atoms with Crippen LogP contribution >= 0.6 is 24.0 Å². The fourth-order valence-corrected chi connectivity index (χ4v) is 4.11. The first-order valence-corrected chi connectivity index (χ1v) is 11.1. The molecule has 2 N–H and O–H groups in total. The van der Waals surface area contributed by atoms with Crippen molar-refractivity contribution in [1.29, 1.82) is 0 Å². The number of carbonyl (C=O) groups excluding carboxylic acids is 1. The van der Waals surface area contributed by atoms with E-state index in [0.29, 0.717) is 5.11 Å². The van der Waals surface area contributed by atoms with Crippen molar-refractivity contribution in [2.24, 2.45) is 0 Å². The second-order valence-electron chi connectivity index (χ2n) is 6.97. The van der Waals surface area contributed by atoms with Gasteiger partial charge in [0.25, 0.3) is 5.91 Å². The number of anilines is 1. The number of carbonyl (C=O) groups is 1. The van der Waals surface area contributed by atoms with Crippen LogP contribution in [-0.2, 0) is 0 Å². The lowest BCUT2D eigenvalue weighted by Crippen LogP contribution is -2.35. The van der Waals surface area contributed by atoms with Gasteiger partial charge in [-0.05, 0) is 74.8 Å². The van der Waals surface area contributed by atoms with Crippen LogP contribution in [0.15, 0.2) is 53.4 Å². The molecule has 1 aliphatic heterocycles. The summed E-state index contributed by atoms with van der Waals surface area (Å²) < 4.78 is 0. The third-order valence-electron chi connectivity index (χ3n) is 4.71. The van der Waals surface area contributed by atoms with Crippen LogP contribution in [0.1, 0.15) is 35.2 Å². The lowest BCUT2D eigenvalue weighted by molar-refractivity contribution is 0.0724. The first-order chi connectivity index (χ1) is 13.6. The summed E-state index contributed by atoms with van der Waals surface area (Å²) in [5.41, 5.74) is 2.90. The Morgan fingerprint density at radius 2 is 1.71 bits per heavy atom. The summed E-state index contributed by atoms with van der Waals surface area (Å²) in [4.78, 5) is 15.7. The number of hydrogen-bond acceptors (Lipinski definition) is 3. The number of hydrogen-bond donors (Lipinski definition) is 2. The van der Waals surface area contributed by atoms with Crippen LogP contribution < -0.4 is 10.6 Å². The normalized spacial score (nSPS) is 13.8. The summed E-state index contributed by atoms with van der Waals surface area (Å²) in [6, 6.07) is 16.1. The number of aryl methyl sites for hydroxylation is 1. The van der Waals surface area contributed by atoms with Crippen molar-refractivity contribution in [3.05, 3.63) is 59.7 Å². The molecule has 2 aromatic rings. The summed E-state index contributed by atoms with van der Waals surface area (Å²) in [5.74, 6) is 1.06. The van der Waals surface area contributed by atoms with Crippen molar-refractivity contribution >= 4 is 40.7 Å². The van der Waals surface area contributed by atoms with Gasteiger partial charge in [0.2, 0.25) is 0 Å². The molecule has 0 radical (unpaired) electrons. The maximum absolute atomic E-state index is 12.5. The molecule has 1 saturated heterocycles. The smallest absolute Gasteiger partial charge is 0.253 e. The van der Waals surface area contributed by atoms with E-state index in [9.17, 15) is 4.79 Å². The fourth-order valence-electron chi connectivity index (χ4n) is 3.12. The highest BCUT2D eigenvalue weighted by Crippen LogP contribution is 2.18. The van der Waals surface area contributed by atoms with E-state index in [-0.39, 0.29) is 5.91 Å². The number of benzene rings is 2. The van der Waals surface area contributed by atoms with Gasteiger partial charge < -0.3 is 15.5 Å². The van der Waals surface area contributed by atoms with Gasteiger partial charge in [0.1, 0.15) is 0 Å². The van der Waals surface area contributed by atoms with Crippen molar-refractivity contribution in [2.45, 2.75) is 31.1 Å². The second-order valence-corrected chi connectivity index (χ2v) is 8.55. The van der Waals surface area contributed by atoms with Gasteiger partial charge in [-0.3, -0.25) is 4.79 Å². The molecule has 0 atom stereocenters. The first-order valence-electron chi connectivity index (χ1n) is 9.75. The number of likely N-dealkylation sites (tertiary alicyclic amines) is 1. The maximum Gasteiger partial charge on any atom is 0.253 e. The molecule has 0 aliphatic carbocycles. The Morgan fingerprint density at radius 1 is 1.04 bits per heavy atom. The Hall–Kier alpha value is -2.05. The minimum absolute atomic E-state index is 0.125. The molecule has 0 saturated carbocycles. The van der Waals surface area contributed by atoms with Gasteiger partial charge in [0.05, 0.1) is 0 Å². The number of rotatable bonds is 6. The van der Waals surface area contributed by atoms with Gasteiger partial charge in [-0.1, -0.05) is 17.7 Å². The number of amides is 1. The summed E-state index contributed by atoms with van der Waals surface area (Å²) in [5, 5.41) is 7.00. The van der Waals surface area contributed by atoms with E-state index >= 15 is 0 Å². The number of thiocarbonyl (C=S) groups is 1. The molecule has 3 rings (SSSR count). The van der Waals surface area contributed by atoms with Crippen molar-refractivity contribution in [3.63, 3.8) is 0 Å². The number of nitrogens with one attached hydrogen (secondary N) is 2. The average molecular weight is 414 g/mol. The van der Waals surface area contributed by atoms with E-state index in [1.54, 1.807) is 11.8 Å². The Balaban J connectivity index is 1.40. The summed E-state index contributed by atoms with van der Waals surface area (Å²) in [7, 11) is 0. The van der Waals surface area contributed by atoms with Crippen molar-refractivity contribution in [1.82, 2.24) is 10.2 Å². The van der Waals surface area contributed by atoms with E-state index < -0.39 is 0 Å². The Kier molecular flexibility index (Phi) is 7.74. The van der Waals surface area contributed by atoms with Gasteiger partial charge in [-0.15, -0.1) is 11.8 Å². The highest BCUT2D eigenvalue weighted by Gasteiger charge is 2.17. The molecule has 148 valence electrons. The Labute approximate surface area is 177 Å². The number of piperidine rings is 1. The molecular formula is C22H27N3OS2. The molecule has 2 aromatic carbocycles. The predicted molar refractivity (Wildman–Crippen MR) is 122 cm³/mol. The van der Waals surface area contributed by atoms with Crippen LogP contribution in [0, 0.1) is 6.92 Å². The van der Waals surface area contributed by atoms with Crippen LogP contribution in [0.3, 0.4) is 0 Å². The van der Waals surface area contributed by atoms with Crippen LogP contribution in [0.5, 0.6) is 0 Å². The molecule has 6 heteroatoms. The zero-order valence-corrected chi connectivity index (χ0v) is 17.9. The van der Waals surface area contributed by atoms with Gasteiger partial charge in [-0.2, -0.15) is 0 Å². The molecule has 0 unspecified atom stereocenters. The molecule has 1 amide bonds. The zero-order valence-electron chi connectivity index (χ0n) is 16.2. The van der Waals surface area contributed by atoms with Crippen molar-refractivity contribution < 1.29 is 4.79 Å². The largest absolute Gasteiger partial charge is 0.362 e. The van der Waals surface area contributed by atoms with Gasteiger partial charge in [0, 0.05) is 41.5 Å². The summed E-state index contributed by atoms with van der Waals surface area (Å²) in [6.07, 6.45) is 3.43. The lowest BCUT2D eigenvalue weighted by atomic mass is 10.1. The molecule has 1 fully saturated rings. The fraction of sp³-hybridized carbons (Fsp3) is 0.364. The third-order valence-corrected chi connectivity index (χ3v) is 5.97. The van der Waals surface area contributed by atoms with E-state index in [4.69, 9.17) is 12.2 Å². The molecule has 28 heavy (non-hydrogen) atoms. The highest BCUT2D eigenvalue weighted by atomic mass is 32.2. The van der Waals surface area contributed by atoms with E-state index in [1.807, 2.05) is 29.2 Å². The van der Waals surface area contributed by atoms with E-state index in [1.165, 1.54) is 16.9 Å². The standard InChI is InChI=1S/C22H27N3OS2/c1-17-5-11-20(12-6-17)28-16-13-23-22(27)24-19-9-7-18(8-10-19)21(26)25-14-3-2-4-15-25/h5-12H,2-4,13-16H2,1H3,(H2,23,24,27). The summed E-state index contributed by atoms with van der Waals surface area (Å²) in [6.45, 7) is 4.62. The van der Waals surface area contributed by atoms with Gasteiger partial charge in [0.15, 0.2) is 5.11 Å². The lowest BCUT2D eigenvalue weighted by Gasteiger charge is -2.26. The molecule has 0 spiro atoms. The van der Waals surface area contributed by atoms with Crippen LogP contribution in [-0.4, -0.2) is 41.3 Å². The molecular weight excluding hydrogens is 386 g/mol. The minimum atomic E-state index is 0.125. The van der Waals surface area contributed by atoms with Crippen molar-refractivity contribution in [2.75, 3.05) is 30.7 Å². The molecule has 0 bridgehead atoms. The molecule has 1 heterocycles. The monoisotopic (exact) mass is 413 g/mol. The molecule has 4 nitrogen and oxygen atoms in total. The Morgan fingerprint density at radius 3 is 2.39 bits per heavy atom. The van der Waals surface area contributed by atoms with E-state index in [0.717, 1.165) is 49.5 Å². The number of nitrogens with zero attached hydrogens (tertiary/aromatic N) is 1. The van der Waals surface area contributed by atoms with Crippen LogP contribution in [0.2, 0.25) is 0 Å². The van der Waals surface area contributed by atoms with Crippen molar-refractivity contribution in [3.8, 4) is 0 Å². The molecule has 0 aromatic heterocycles. The number of thioether (sulfide) groups is 1. The Bertz CT molecular complexity index is 784. The third kappa shape index (κ3) is 6.24. The van der Waals surface area contributed by atoms with Gasteiger partial charge >= 0.3 is 0 Å². The highest BCUT2D eigenvalue weighted by molar-refractivity contribution is 7.99. The SMILES string of the molecule is Cc1ccc(SCCNC(=S)Nc2ccc(C(=O)N3CCCCC3)cc2)cc1. The topological polar surface area (TPSA) is 44.4 Å². The van der Waals surface area contributed by atoms with E-state index in [2.05, 4.69) is 41.8 Å². The molecule has 1 aliphatic rings. The minimum Gasteiger partial charge on any atom is -0.362 e. The second kappa shape index (κ2) is 10.5. The van der Waals surface area contributed by atoms with Gasteiger partial charge in [-0.25, -0.2) is 0 Å².